The summed E-state index contributed by atoms with van der Waals surface area (Å²) in [6, 6.07) is 9.38. The van der Waals surface area contributed by atoms with Crippen molar-refractivity contribution in [2.45, 2.75) is 0 Å². The third-order valence-electron chi connectivity index (χ3n) is 3.76. The van der Waals surface area contributed by atoms with Gasteiger partial charge in [0.1, 0.15) is 5.00 Å². The van der Waals surface area contributed by atoms with E-state index in [4.69, 9.17) is 5.73 Å². The van der Waals surface area contributed by atoms with Crippen molar-refractivity contribution in [2.24, 2.45) is 5.73 Å². The van der Waals surface area contributed by atoms with Gasteiger partial charge in [0.25, 0.3) is 11.8 Å². The zero-order valence-electron chi connectivity index (χ0n) is 13.8. The molecule has 0 aliphatic heterocycles. The van der Waals surface area contributed by atoms with Crippen molar-refractivity contribution in [3.63, 3.8) is 0 Å². The van der Waals surface area contributed by atoms with Crippen molar-refractivity contribution in [1.82, 2.24) is 9.97 Å². The Morgan fingerprint density at radius 2 is 2.00 bits per heavy atom. The summed E-state index contributed by atoms with van der Waals surface area (Å²) in [7, 11) is 0. The van der Waals surface area contributed by atoms with Gasteiger partial charge in [-0.2, -0.15) is 11.3 Å². The molecule has 0 radical (unpaired) electrons. The Balaban J connectivity index is 1.61. The maximum Gasteiger partial charge on any atom is 0.270 e. The molecule has 27 heavy (non-hydrogen) atoms. The van der Waals surface area contributed by atoms with Crippen LogP contribution in [0, 0.1) is 0 Å². The number of hydrogen-bond acceptors (Lipinski definition) is 7. The van der Waals surface area contributed by atoms with Crippen molar-refractivity contribution < 1.29 is 9.59 Å². The van der Waals surface area contributed by atoms with E-state index in [9.17, 15) is 9.59 Å². The Morgan fingerprint density at radius 3 is 2.78 bits per heavy atom. The van der Waals surface area contributed by atoms with Crippen molar-refractivity contribution in [3.05, 3.63) is 64.7 Å². The summed E-state index contributed by atoms with van der Waals surface area (Å²) in [6.45, 7) is 0. The second-order valence-electron chi connectivity index (χ2n) is 5.59. The highest BCUT2D eigenvalue weighted by molar-refractivity contribution is 7.20. The van der Waals surface area contributed by atoms with E-state index in [2.05, 4.69) is 20.6 Å². The molecule has 4 N–H and O–H groups in total. The lowest BCUT2D eigenvalue weighted by atomic mass is 10.1. The minimum atomic E-state index is -0.704. The monoisotopic (exact) mass is 395 g/mol. The number of nitrogens with two attached hydrogens (primary N) is 1. The number of thiazole rings is 1. The van der Waals surface area contributed by atoms with Gasteiger partial charge < -0.3 is 16.4 Å². The number of nitrogens with one attached hydrogen (secondary N) is 2. The minimum absolute atomic E-state index is 0.0241. The Labute approximate surface area is 161 Å². The van der Waals surface area contributed by atoms with Crippen LogP contribution in [0.15, 0.2) is 53.5 Å². The average Bonchev–Trinajstić information content (AvgIpc) is 3.32. The summed E-state index contributed by atoms with van der Waals surface area (Å²) in [5.41, 5.74) is 6.75. The van der Waals surface area contributed by atoms with Gasteiger partial charge in [-0.25, -0.2) is 4.98 Å². The van der Waals surface area contributed by atoms with Gasteiger partial charge in [-0.1, -0.05) is 17.4 Å². The van der Waals surface area contributed by atoms with Crippen LogP contribution in [0.1, 0.15) is 20.8 Å². The number of carbonyl (C=O) groups is 2. The SMILES string of the molecule is NC(=O)c1nc(Nc2ccc3cnccc3c2)sc1NC(=O)c1ccsc1. The number of carbonyl (C=O) groups excluding carboxylic acids is 2. The fourth-order valence-corrected chi connectivity index (χ4v) is 4.00. The summed E-state index contributed by atoms with van der Waals surface area (Å²) in [6.07, 6.45) is 3.50. The summed E-state index contributed by atoms with van der Waals surface area (Å²) in [4.78, 5) is 32.3. The molecule has 0 fully saturated rings. The van der Waals surface area contributed by atoms with Gasteiger partial charge in [0.2, 0.25) is 0 Å². The molecule has 2 amide bonds. The van der Waals surface area contributed by atoms with Gasteiger partial charge in [0.15, 0.2) is 10.8 Å². The molecule has 9 heteroatoms. The molecule has 0 unspecified atom stereocenters. The quantitative estimate of drug-likeness (QED) is 0.475. The first-order valence-electron chi connectivity index (χ1n) is 7.85. The smallest absolute Gasteiger partial charge is 0.270 e. The molecule has 0 bridgehead atoms. The van der Waals surface area contributed by atoms with Crippen LogP contribution >= 0.6 is 22.7 Å². The topological polar surface area (TPSA) is 110 Å². The number of pyridine rings is 1. The van der Waals surface area contributed by atoms with Crippen LogP contribution in [-0.2, 0) is 0 Å². The van der Waals surface area contributed by atoms with Crippen LogP contribution < -0.4 is 16.4 Å². The predicted octanol–water partition coefficient (Wildman–Crippen LogP) is 3.85. The standard InChI is InChI=1S/C18H13N5O2S2/c19-15(24)14-17(23-16(25)12-4-6-26-9-12)27-18(22-14)21-13-2-1-11-8-20-5-3-10(11)7-13/h1-9H,(H2,19,24)(H,21,22)(H,23,25). The minimum Gasteiger partial charge on any atom is -0.364 e. The summed E-state index contributed by atoms with van der Waals surface area (Å²) < 4.78 is 0. The van der Waals surface area contributed by atoms with Crippen LogP contribution in [0.5, 0.6) is 0 Å². The molecule has 0 saturated heterocycles. The predicted molar refractivity (Wildman–Crippen MR) is 108 cm³/mol. The first-order chi connectivity index (χ1) is 13.1. The van der Waals surface area contributed by atoms with E-state index in [1.807, 2.05) is 24.3 Å². The Bertz CT molecular complexity index is 1140. The van der Waals surface area contributed by atoms with E-state index in [1.54, 1.807) is 29.2 Å². The van der Waals surface area contributed by atoms with E-state index in [0.29, 0.717) is 15.7 Å². The Hall–Kier alpha value is -3.30. The van der Waals surface area contributed by atoms with Crippen molar-refractivity contribution in [3.8, 4) is 0 Å². The van der Waals surface area contributed by atoms with Crippen LogP contribution in [0.2, 0.25) is 0 Å². The van der Waals surface area contributed by atoms with Gasteiger partial charge in [-0.3, -0.25) is 14.6 Å². The molecule has 0 atom stereocenters. The third kappa shape index (κ3) is 3.64. The second kappa shape index (κ2) is 7.14. The molecule has 0 spiro atoms. The number of hydrogen-bond donors (Lipinski definition) is 3. The summed E-state index contributed by atoms with van der Waals surface area (Å²) >= 11 is 2.57. The fourth-order valence-electron chi connectivity index (χ4n) is 2.48. The fraction of sp³-hybridized carbons (Fsp3) is 0. The Morgan fingerprint density at radius 1 is 1.11 bits per heavy atom. The van der Waals surface area contributed by atoms with Crippen LogP contribution in [0.25, 0.3) is 10.8 Å². The summed E-state index contributed by atoms with van der Waals surface area (Å²) in [5, 5.41) is 12.2. The van der Waals surface area contributed by atoms with E-state index in [0.717, 1.165) is 27.8 Å². The molecule has 0 aliphatic rings. The molecule has 0 aliphatic carbocycles. The maximum absolute atomic E-state index is 12.3. The van der Waals surface area contributed by atoms with E-state index in [-0.39, 0.29) is 11.6 Å². The van der Waals surface area contributed by atoms with E-state index in [1.165, 1.54) is 11.3 Å². The maximum atomic E-state index is 12.3. The number of nitrogens with zero attached hydrogens (tertiary/aromatic N) is 2. The van der Waals surface area contributed by atoms with Crippen LogP contribution in [0.3, 0.4) is 0 Å². The van der Waals surface area contributed by atoms with Crippen LogP contribution in [-0.4, -0.2) is 21.8 Å². The number of thiophene rings is 1. The van der Waals surface area contributed by atoms with Crippen molar-refractivity contribution in [2.75, 3.05) is 10.6 Å². The number of rotatable bonds is 5. The molecular formula is C18H13N5O2S2. The van der Waals surface area contributed by atoms with Crippen LogP contribution in [0.4, 0.5) is 15.8 Å². The van der Waals surface area contributed by atoms with Gasteiger partial charge in [0, 0.05) is 28.8 Å². The molecule has 7 nitrogen and oxygen atoms in total. The number of amides is 2. The second-order valence-corrected chi connectivity index (χ2v) is 7.37. The highest BCUT2D eigenvalue weighted by Crippen LogP contribution is 2.31. The van der Waals surface area contributed by atoms with Crippen molar-refractivity contribution >= 4 is 61.1 Å². The first-order valence-corrected chi connectivity index (χ1v) is 9.61. The van der Waals surface area contributed by atoms with Gasteiger partial charge in [-0.15, -0.1) is 0 Å². The number of aromatic nitrogens is 2. The molecule has 3 heterocycles. The molecule has 4 rings (SSSR count). The number of fused-ring (bicyclic) bond motifs is 1. The Kier molecular flexibility index (Phi) is 4.53. The molecule has 0 saturated carbocycles. The number of primary amides is 1. The van der Waals surface area contributed by atoms with Gasteiger partial charge >= 0.3 is 0 Å². The van der Waals surface area contributed by atoms with E-state index >= 15 is 0 Å². The molecule has 1 aromatic carbocycles. The largest absolute Gasteiger partial charge is 0.364 e. The molecule has 4 aromatic rings. The molecule has 3 aromatic heterocycles. The van der Waals surface area contributed by atoms with Gasteiger partial charge in [0.05, 0.1) is 5.56 Å². The lowest BCUT2D eigenvalue weighted by Crippen LogP contribution is -2.17. The number of benzene rings is 1. The highest BCUT2D eigenvalue weighted by Gasteiger charge is 2.19. The molecular weight excluding hydrogens is 382 g/mol. The normalized spacial score (nSPS) is 10.7. The average molecular weight is 395 g/mol. The zero-order valence-corrected chi connectivity index (χ0v) is 15.4. The lowest BCUT2D eigenvalue weighted by molar-refractivity contribution is 0.0997. The summed E-state index contributed by atoms with van der Waals surface area (Å²) in [5.74, 6) is -1.02. The molecule has 134 valence electrons. The number of anilines is 3. The lowest BCUT2D eigenvalue weighted by Gasteiger charge is -2.04. The highest BCUT2D eigenvalue weighted by atomic mass is 32.1. The third-order valence-corrected chi connectivity index (χ3v) is 5.33. The van der Waals surface area contributed by atoms with E-state index < -0.39 is 5.91 Å². The zero-order chi connectivity index (χ0) is 18.8. The van der Waals surface area contributed by atoms with Crippen molar-refractivity contribution in [1.29, 1.82) is 0 Å². The van der Waals surface area contributed by atoms with Gasteiger partial charge in [-0.05, 0) is 35.0 Å². The first kappa shape index (κ1) is 17.1.